The fourth-order valence-corrected chi connectivity index (χ4v) is 4.47. The van der Waals surface area contributed by atoms with Crippen LogP contribution in [0.4, 0.5) is 4.39 Å². The standard InChI is InChI=1S/C22H20ClFN4O/c1-11(2)20(24)29-18-6-4-5-13-19(18)17-10-15(26-21(13)25-3)22-27-14-8-7-12(23)9-16(14)28(17)22/h4-9,15,17,20H,1,10H2,2-3H3,(H,25,26). The predicted octanol–water partition coefficient (Wildman–Crippen LogP) is 4.95. The number of aromatic nitrogens is 2. The molecule has 1 aromatic heterocycles. The lowest BCUT2D eigenvalue weighted by Crippen LogP contribution is -2.29. The highest BCUT2D eigenvalue weighted by molar-refractivity contribution is 6.31. The number of alkyl halides is 1. The first-order chi connectivity index (χ1) is 14.0. The molecule has 0 saturated carbocycles. The molecule has 3 atom stereocenters. The minimum absolute atomic E-state index is 0.00700. The van der Waals surface area contributed by atoms with Crippen LogP contribution < -0.4 is 10.1 Å². The van der Waals surface area contributed by atoms with E-state index in [9.17, 15) is 4.39 Å². The van der Waals surface area contributed by atoms with Gasteiger partial charge in [-0.1, -0.05) is 30.3 Å². The Labute approximate surface area is 172 Å². The van der Waals surface area contributed by atoms with Crippen molar-refractivity contribution in [2.24, 2.45) is 4.99 Å². The largest absolute Gasteiger partial charge is 0.456 e. The maximum Gasteiger partial charge on any atom is 0.259 e. The molecule has 3 aromatic rings. The Kier molecular flexibility index (Phi) is 4.13. The number of nitrogens with zero attached hydrogens (tertiary/aromatic N) is 3. The molecule has 5 nitrogen and oxygen atoms in total. The molecule has 2 aromatic carbocycles. The summed E-state index contributed by atoms with van der Waals surface area (Å²) < 4.78 is 22.3. The van der Waals surface area contributed by atoms with Crippen molar-refractivity contribution in [2.75, 3.05) is 7.05 Å². The van der Waals surface area contributed by atoms with Crippen molar-refractivity contribution in [1.82, 2.24) is 14.9 Å². The maximum absolute atomic E-state index is 14.4. The molecule has 0 radical (unpaired) electrons. The molecule has 3 unspecified atom stereocenters. The van der Waals surface area contributed by atoms with Crippen molar-refractivity contribution in [3.8, 4) is 5.75 Å². The third-order valence-corrected chi connectivity index (χ3v) is 5.80. The second-order valence-electron chi connectivity index (χ2n) is 7.49. The number of rotatable bonds is 3. The van der Waals surface area contributed by atoms with Gasteiger partial charge in [-0.05, 0) is 43.2 Å². The number of imidazole rings is 1. The second-order valence-corrected chi connectivity index (χ2v) is 7.93. The molecular weight excluding hydrogens is 391 g/mol. The lowest BCUT2D eigenvalue weighted by atomic mass is 9.97. The van der Waals surface area contributed by atoms with E-state index < -0.39 is 6.36 Å². The van der Waals surface area contributed by atoms with Crippen LogP contribution in [0.2, 0.25) is 5.02 Å². The number of hydrogen-bond acceptors (Lipinski definition) is 3. The fourth-order valence-electron chi connectivity index (χ4n) is 4.30. The zero-order chi connectivity index (χ0) is 20.3. The summed E-state index contributed by atoms with van der Waals surface area (Å²) >= 11 is 6.27. The topological polar surface area (TPSA) is 51.4 Å². The highest BCUT2D eigenvalue weighted by Crippen LogP contribution is 2.47. The van der Waals surface area contributed by atoms with Gasteiger partial charge in [0, 0.05) is 23.2 Å². The summed E-state index contributed by atoms with van der Waals surface area (Å²) in [5, 5.41) is 4.17. The normalized spacial score (nSPS) is 22.0. The van der Waals surface area contributed by atoms with E-state index in [1.807, 2.05) is 30.3 Å². The van der Waals surface area contributed by atoms with Crippen molar-refractivity contribution in [3.63, 3.8) is 0 Å². The summed E-state index contributed by atoms with van der Waals surface area (Å²) in [5.41, 5.74) is 3.95. The summed E-state index contributed by atoms with van der Waals surface area (Å²) in [6.45, 7) is 5.29. The molecule has 2 bridgehead atoms. The van der Waals surface area contributed by atoms with E-state index >= 15 is 0 Å². The molecule has 2 aliphatic heterocycles. The third-order valence-electron chi connectivity index (χ3n) is 5.57. The molecule has 29 heavy (non-hydrogen) atoms. The Morgan fingerprint density at radius 1 is 1.41 bits per heavy atom. The monoisotopic (exact) mass is 410 g/mol. The minimum Gasteiger partial charge on any atom is -0.456 e. The van der Waals surface area contributed by atoms with Gasteiger partial charge in [0.05, 0.1) is 23.1 Å². The summed E-state index contributed by atoms with van der Waals surface area (Å²) in [5.74, 6) is 2.16. The van der Waals surface area contributed by atoms with E-state index in [4.69, 9.17) is 21.3 Å². The second kappa shape index (κ2) is 6.59. The first kappa shape index (κ1) is 18.2. The van der Waals surface area contributed by atoms with Crippen LogP contribution in [0.5, 0.6) is 5.75 Å². The number of fused-ring (bicyclic) bond motifs is 9. The Hall–Kier alpha value is -2.86. The zero-order valence-corrected chi connectivity index (χ0v) is 16.9. The Balaban J connectivity index is 1.76. The van der Waals surface area contributed by atoms with E-state index in [1.165, 1.54) is 0 Å². The van der Waals surface area contributed by atoms with Gasteiger partial charge in [0.1, 0.15) is 17.4 Å². The number of benzene rings is 2. The summed E-state index contributed by atoms with van der Waals surface area (Å²) in [7, 11) is 1.74. The number of halogens is 2. The fraction of sp³-hybridized carbons (Fsp3) is 0.273. The molecule has 7 heteroatoms. The average molecular weight is 411 g/mol. The Morgan fingerprint density at radius 3 is 3.00 bits per heavy atom. The van der Waals surface area contributed by atoms with Crippen LogP contribution >= 0.6 is 11.6 Å². The van der Waals surface area contributed by atoms with Crippen LogP contribution in [0.3, 0.4) is 0 Å². The summed E-state index contributed by atoms with van der Waals surface area (Å²) in [6, 6.07) is 11.2. The van der Waals surface area contributed by atoms with Crippen molar-refractivity contribution in [1.29, 1.82) is 0 Å². The Morgan fingerprint density at radius 2 is 2.24 bits per heavy atom. The molecule has 148 valence electrons. The molecule has 3 heterocycles. The van der Waals surface area contributed by atoms with Crippen LogP contribution in [-0.2, 0) is 0 Å². The maximum atomic E-state index is 14.4. The van der Waals surface area contributed by atoms with Gasteiger partial charge in [0.15, 0.2) is 0 Å². The van der Waals surface area contributed by atoms with Crippen LogP contribution in [0.25, 0.3) is 11.0 Å². The van der Waals surface area contributed by atoms with Crippen LogP contribution in [0.15, 0.2) is 53.5 Å². The lowest BCUT2D eigenvalue weighted by Gasteiger charge is -2.23. The molecule has 5 rings (SSSR count). The smallest absolute Gasteiger partial charge is 0.259 e. The SMILES string of the molecule is C=C(C)C(F)Oc1cccc2c1C1CC(N/C2=N\C)c2nc3ccc(Cl)cc3n21. The van der Waals surface area contributed by atoms with E-state index in [1.54, 1.807) is 20.0 Å². The van der Waals surface area contributed by atoms with Gasteiger partial charge in [-0.3, -0.25) is 4.99 Å². The molecule has 0 amide bonds. The van der Waals surface area contributed by atoms with Crippen LogP contribution in [-0.4, -0.2) is 28.8 Å². The van der Waals surface area contributed by atoms with Gasteiger partial charge < -0.3 is 14.6 Å². The van der Waals surface area contributed by atoms with E-state index in [-0.39, 0.29) is 12.1 Å². The summed E-state index contributed by atoms with van der Waals surface area (Å²) in [6.07, 6.45) is -0.813. The minimum atomic E-state index is -1.58. The van der Waals surface area contributed by atoms with Gasteiger partial charge in [-0.25, -0.2) is 4.98 Å². The third kappa shape index (κ3) is 2.74. The quantitative estimate of drug-likeness (QED) is 0.621. The van der Waals surface area contributed by atoms with Crippen molar-refractivity contribution in [3.05, 3.63) is 70.5 Å². The molecular formula is C22H20ClFN4O. The van der Waals surface area contributed by atoms with E-state index in [2.05, 4.69) is 21.5 Å². The molecule has 0 aliphatic carbocycles. The van der Waals surface area contributed by atoms with Crippen LogP contribution in [0, 0.1) is 0 Å². The highest BCUT2D eigenvalue weighted by atomic mass is 35.5. The number of ether oxygens (including phenoxy) is 1. The molecule has 2 aliphatic rings. The van der Waals surface area contributed by atoms with Crippen molar-refractivity contribution >= 4 is 28.5 Å². The average Bonchev–Trinajstić information content (AvgIpc) is 3.17. The highest BCUT2D eigenvalue weighted by Gasteiger charge is 2.41. The van der Waals surface area contributed by atoms with Crippen molar-refractivity contribution < 1.29 is 9.13 Å². The first-order valence-electron chi connectivity index (χ1n) is 9.48. The molecule has 0 fully saturated rings. The Bertz CT molecular complexity index is 1190. The first-order valence-corrected chi connectivity index (χ1v) is 9.86. The number of nitrogens with one attached hydrogen (secondary N) is 1. The molecule has 0 saturated heterocycles. The zero-order valence-electron chi connectivity index (χ0n) is 16.1. The number of amidine groups is 1. The van der Waals surface area contributed by atoms with Gasteiger partial charge >= 0.3 is 0 Å². The lowest BCUT2D eigenvalue weighted by molar-refractivity contribution is 0.101. The number of aliphatic imine (C=N–C) groups is 1. The van der Waals surface area contributed by atoms with Gasteiger partial charge in [0.2, 0.25) is 0 Å². The van der Waals surface area contributed by atoms with Gasteiger partial charge in [-0.2, -0.15) is 4.39 Å². The summed E-state index contributed by atoms with van der Waals surface area (Å²) in [4.78, 5) is 9.28. The van der Waals surface area contributed by atoms with Crippen LogP contribution in [0.1, 0.15) is 42.4 Å². The van der Waals surface area contributed by atoms with E-state index in [0.717, 1.165) is 40.2 Å². The van der Waals surface area contributed by atoms with Gasteiger partial charge in [0.25, 0.3) is 6.36 Å². The van der Waals surface area contributed by atoms with Crippen molar-refractivity contribution in [2.45, 2.75) is 31.8 Å². The molecule has 1 N–H and O–H groups in total. The predicted molar refractivity (Wildman–Crippen MR) is 113 cm³/mol. The number of hydrogen-bond donors (Lipinski definition) is 1. The van der Waals surface area contributed by atoms with Gasteiger partial charge in [-0.15, -0.1) is 0 Å². The van der Waals surface area contributed by atoms with E-state index in [0.29, 0.717) is 16.3 Å². The molecule has 0 spiro atoms.